The highest BCUT2D eigenvalue weighted by Gasteiger charge is 2.23. The lowest BCUT2D eigenvalue weighted by atomic mass is 10.1. The zero-order valence-electron chi connectivity index (χ0n) is 15.0. The fourth-order valence-corrected chi connectivity index (χ4v) is 3.89. The Balaban J connectivity index is 1.52. The highest BCUT2D eigenvalue weighted by atomic mass is 35.5. The Morgan fingerprint density at radius 2 is 1.89 bits per heavy atom. The van der Waals surface area contributed by atoms with E-state index < -0.39 is 0 Å². The molecule has 0 unspecified atom stereocenters. The number of halogens is 1. The largest absolute Gasteiger partial charge is 0.360 e. The quantitative estimate of drug-likeness (QED) is 0.482. The van der Waals surface area contributed by atoms with Crippen molar-refractivity contribution in [2.75, 3.05) is 0 Å². The Bertz CT molecular complexity index is 1120. The Hall–Kier alpha value is -2.96. The van der Waals surface area contributed by atoms with Gasteiger partial charge in [0, 0.05) is 16.5 Å². The van der Waals surface area contributed by atoms with Gasteiger partial charge in [0.15, 0.2) is 0 Å². The van der Waals surface area contributed by atoms with Gasteiger partial charge in [-0.15, -0.1) is 11.3 Å². The zero-order chi connectivity index (χ0) is 19.5. The molecule has 0 radical (unpaired) electrons. The van der Waals surface area contributed by atoms with Gasteiger partial charge < -0.3 is 9.84 Å². The first kappa shape index (κ1) is 18.4. The molecule has 0 saturated heterocycles. The Labute approximate surface area is 171 Å². The number of thiazole rings is 1. The molecule has 0 aliphatic heterocycles. The Morgan fingerprint density at radius 3 is 2.68 bits per heavy atom. The number of nitrogens with one attached hydrogen (secondary N) is 1. The van der Waals surface area contributed by atoms with Crippen LogP contribution in [0.5, 0.6) is 0 Å². The predicted molar refractivity (Wildman–Crippen MR) is 110 cm³/mol. The van der Waals surface area contributed by atoms with Gasteiger partial charge in [-0.1, -0.05) is 65.3 Å². The second kappa shape index (κ2) is 7.96. The van der Waals surface area contributed by atoms with Gasteiger partial charge in [-0.2, -0.15) is 0 Å². The van der Waals surface area contributed by atoms with E-state index in [2.05, 4.69) is 15.5 Å². The van der Waals surface area contributed by atoms with Gasteiger partial charge in [0.2, 0.25) is 0 Å². The molecule has 140 valence electrons. The summed E-state index contributed by atoms with van der Waals surface area (Å²) >= 11 is 7.80. The summed E-state index contributed by atoms with van der Waals surface area (Å²) in [5.41, 5.74) is 3.33. The van der Waals surface area contributed by atoms with E-state index in [1.807, 2.05) is 53.9 Å². The van der Waals surface area contributed by atoms with Crippen LogP contribution in [0.15, 0.2) is 64.5 Å². The van der Waals surface area contributed by atoms with Crippen LogP contribution < -0.4 is 5.32 Å². The van der Waals surface area contributed by atoms with Crippen molar-refractivity contribution in [1.29, 1.82) is 0 Å². The van der Waals surface area contributed by atoms with Crippen molar-refractivity contribution in [2.45, 2.75) is 13.5 Å². The van der Waals surface area contributed by atoms with Crippen LogP contribution in [-0.2, 0) is 6.54 Å². The summed E-state index contributed by atoms with van der Waals surface area (Å²) in [4.78, 5) is 17.4. The van der Waals surface area contributed by atoms with Crippen molar-refractivity contribution in [3.05, 3.63) is 82.0 Å². The summed E-state index contributed by atoms with van der Waals surface area (Å²) in [6.07, 6.45) is 0. The smallest absolute Gasteiger partial charge is 0.257 e. The molecule has 1 N–H and O–H groups in total. The topological polar surface area (TPSA) is 68.0 Å². The first-order chi connectivity index (χ1) is 13.6. The van der Waals surface area contributed by atoms with Crippen LogP contribution in [0.25, 0.3) is 21.8 Å². The van der Waals surface area contributed by atoms with Gasteiger partial charge in [-0.25, -0.2) is 4.98 Å². The monoisotopic (exact) mass is 409 g/mol. The van der Waals surface area contributed by atoms with Crippen LogP contribution in [0.4, 0.5) is 0 Å². The molecule has 7 heteroatoms. The standard InChI is InChI=1S/C21H16ClN3O2S/c1-13-18(19(25-27-13)16-9-5-6-10-17(16)22)20(26)23-11-15-12-28-21(24-15)14-7-3-2-4-8-14/h2-10,12H,11H2,1H3,(H,23,26). The van der Waals surface area contributed by atoms with Crippen LogP contribution >= 0.6 is 22.9 Å². The van der Waals surface area contributed by atoms with Crippen LogP contribution in [-0.4, -0.2) is 16.0 Å². The van der Waals surface area contributed by atoms with E-state index in [9.17, 15) is 4.79 Å². The maximum absolute atomic E-state index is 12.8. The molecule has 0 fully saturated rings. The van der Waals surface area contributed by atoms with Gasteiger partial charge >= 0.3 is 0 Å². The van der Waals surface area contributed by atoms with E-state index in [0.29, 0.717) is 34.1 Å². The Morgan fingerprint density at radius 1 is 1.14 bits per heavy atom. The number of aromatic nitrogens is 2. The minimum absolute atomic E-state index is 0.275. The highest BCUT2D eigenvalue weighted by Crippen LogP contribution is 2.31. The van der Waals surface area contributed by atoms with Gasteiger partial charge in [-0.05, 0) is 13.0 Å². The van der Waals surface area contributed by atoms with Crippen molar-refractivity contribution < 1.29 is 9.32 Å². The number of hydrogen-bond acceptors (Lipinski definition) is 5. The molecular weight excluding hydrogens is 394 g/mol. The first-order valence-electron chi connectivity index (χ1n) is 8.62. The summed E-state index contributed by atoms with van der Waals surface area (Å²) in [5.74, 6) is 0.165. The molecule has 0 saturated carbocycles. The van der Waals surface area contributed by atoms with Gasteiger partial charge in [0.25, 0.3) is 5.91 Å². The normalized spacial score (nSPS) is 10.8. The number of amides is 1. The summed E-state index contributed by atoms with van der Waals surface area (Å²) in [6.45, 7) is 2.02. The lowest BCUT2D eigenvalue weighted by Crippen LogP contribution is -2.23. The third-order valence-electron chi connectivity index (χ3n) is 4.22. The molecule has 5 nitrogen and oxygen atoms in total. The van der Waals surface area contributed by atoms with Crippen molar-refractivity contribution >= 4 is 28.8 Å². The third-order valence-corrected chi connectivity index (χ3v) is 5.49. The molecule has 2 heterocycles. The molecule has 4 aromatic rings. The molecule has 0 aliphatic rings. The number of hydrogen-bond donors (Lipinski definition) is 1. The van der Waals surface area contributed by atoms with Gasteiger partial charge in [0.05, 0.1) is 17.3 Å². The van der Waals surface area contributed by atoms with Crippen molar-refractivity contribution in [3.8, 4) is 21.8 Å². The first-order valence-corrected chi connectivity index (χ1v) is 9.88. The number of aryl methyl sites for hydroxylation is 1. The van der Waals surface area contributed by atoms with Crippen molar-refractivity contribution in [2.24, 2.45) is 0 Å². The molecule has 4 rings (SSSR count). The average Bonchev–Trinajstić information content (AvgIpc) is 3.34. The number of benzene rings is 2. The van der Waals surface area contributed by atoms with Crippen LogP contribution in [0.2, 0.25) is 5.02 Å². The number of carbonyl (C=O) groups is 1. The lowest BCUT2D eigenvalue weighted by Gasteiger charge is -2.05. The molecule has 2 aromatic heterocycles. The molecule has 0 atom stereocenters. The average molecular weight is 410 g/mol. The highest BCUT2D eigenvalue weighted by molar-refractivity contribution is 7.13. The maximum atomic E-state index is 12.8. The molecule has 2 aromatic carbocycles. The maximum Gasteiger partial charge on any atom is 0.257 e. The summed E-state index contributed by atoms with van der Waals surface area (Å²) in [5, 5.41) is 10.3. The van der Waals surface area contributed by atoms with Gasteiger partial charge in [-0.3, -0.25) is 4.79 Å². The van der Waals surface area contributed by atoms with Crippen LogP contribution in [0.1, 0.15) is 21.8 Å². The molecule has 0 bridgehead atoms. The summed E-state index contributed by atoms with van der Waals surface area (Å²) < 4.78 is 5.26. The predicted octanol–water partition coefficient (Wildman–Crippen LogP) is 5.36. The minimum Gasteiger partial charge on any atom is -0.360 e. The molecule has 1 amide bonds. The van der Waals surface area contributed by atoms with Crippen LogP contribution in [0, 0.1) is 6.92 Å². The van der Waals surface area contributed by atoms with Gasteiger partial charge in [0.1, 0.15) is 22.0 Å². The number of rotatable bonds is 5. The summed E-state index contributed by atoms with van der Waals surface area (Å²) in [7, 11) is 0. The van der Waals surface area contributed by atoms with E-state index in [1.165, 1.54) is 0 Å². The summed E-state index contributed by atoms with van der Waals surface area (Å²) in [6, 6.07) is 17.2. The molecule has 0 spiro atoms. The SMILES string of the molecule is Cc1onc(-c2ccccc2Cl)c1C(=O)NCc1csc(-c2ccccc2)n1. The van der Waals surface area contributed by atoms with E-state index in [1.54, 1.807) is 24.3 Å². The fraction of sp³-hybridized carbons (Fsp3) is 0.0952. The number of carbonyl (C=O) groups excluding carboxylic acids is 1. The lowest BCUT2D eigenvalue weighted by molar-refractivity contribution is 0.0949. The van der Waals surface area contributed by atoms with Crippen LogP contribution in [0.3, 0.4) is 0 Å². The second-order valence-electron chi connectivity index (χ2n) is 6.13. The second-order valence-corrected chi connectivity index (χ2v) is 7.40. The van der Waals surface area contributed by atoms with E-state index >= 15 is 0 Å². The van der Waals surface area contributed by atoms with E-state index in [-0.39, 0.29) is 5.91 Å². The fourth-order valence-electron chi connectivity index (χ4n) is 2.84. The Kier molecular flexibility index (Phi) is 5.23. The van der Waals surface area contributed by atoms with E-state index in [0.717, 1.165) is 16.3 Å². The molecule has 28 heavy (non-hydrogen) atoms. The third kappa shape index (κ3) is 3.69. The zero-order valence-corrected chi connectivity index (χ0v) is 16.6. The molecular formula is C21H16ClN3O2S. The van der Waals surface area contributed by atoms with Crippen molar-refractivity contribution in [3.63, 3.8) is 0 Å². The molecule has 0 aliphatic carbocycles. The van der Waals surface area contributed by atoms with Crippen molar-refractivity contribution in [1.82, 2.24) is 15.5 Å². The number of nitrogens with zero attached hydrogens (tertiary/aromatic N) is 2. The minimum atomic E-state index is -0.275. The van der Waals surface area contributed by atoms with E-state index in [4.69, 9.17) is 16.1 Å².